The minimum absolute atomic E-state index is 0.00290. The average Bonchev–Trinajstić information content (AvgIpc) is 2.99. The Balaban J connectivity index is 1.84. The van der Waals surface area contributed by atoms with Crippen LogP contribution in [0.15, 0.2) is 46.6 Å². The first-order valence-electron chi connectivity index (χ1n) is 8.92. The lowest BCUT2D eigenvalue weighted by Gasteiger charge is -2.14. The third-order valence-electron chi connectivity index (χ3n) is 4.35. The van der Waals surface area contributed by atoms with Gasteiger partial charge in [0.15, 0.2) is 16.6 Å². The van der Waals surface area contributed by atoms with Gasteiger partial charge < -0.3 is 14.8 Å². The van der Waals surface area contributed by atoms with Gasteiger partial charge in [0, 0.05) is 18.7 Å². The van der Waals surface area contributed by atoms with Crippen molar-refractivity contribution < 1.29 is 19.2 Å². The quantitative estimate of drug-likeness (QED) is 0.270. The van der Waals surface area contributed by atoms with E-state index in [1.165, 1.54) is 24.1 Å². The molecule has 1 aliphatic rings. The Morgan fingerprint density at radius 1 is 1.33 bits per heavy atom. The molecule has 3 rings (SSSR count). The number of non-ortho nitro benzene ring substituents is 1. The van der Waals surface area contributed by atoms with E-state index >= 15 is 0 Å². The number of benzene rings is 2. The summed E-state index contributed by atoms with van der Waals surface area (Å²) in [6, 6.07) is 9.74. The fourth-order valence-electron chi connectivity index (χ4n) is 2.90. The molecule has 0 saturated carbocycles. The summed E-state index contributed by atoms with van der Waals surface area (Å²) in [4.78, 5) is 24.3. The van der Waals surface area contributed by atoms with Crippen LogP contribution in [-0.2, 0) is 11.4 Å². The Morgan fingerprint density at radius 3 is 2.73 bits per heavy atom. The van der Waals surface area contributed by atoms with E-state index in [0.29, 0.717) is 44.5 Å². The fourth-order valence-corrected chi connectivity index (χ4v) is 3.80. The van der Waals surface area contributed by atoms with Gasteiger partial charge in [0.25, 0.3) is 11.6 Å². The van der Waals surface area contributed by atoms with Crippen molar-refractivity contribution >= 4 is 50.9 Å². The van der Waals surface area contributed by atoms with Gasteiger partial charge in [-0.05, 0) is 64.4 Å². The van der Waals surface area contributed by atoms with Gasteiger partial charge in [-0.15, -0.1) is 0 Å². The van der Waals surface area contributed by atoms with E-state index in [-0.39, 0.29) is 18.2 Å². The molecule has 30 heavy (non-hydrogen) atoms. The highest BCUT2D eigenvalue weighted by Gasteiger charge is 2.29. The molecule has 0 unspecified atom stereocenters. The maximum absolute atomic E-state index is 12.4. The summed E-state index contributed by atoms with van der Waals surface area (Å²) in [5, 5.41) is 14.2. The number of methoxy groups -OCH3 is 1. The van der Waals surface area contributed by atoms with Crippen LogP contribution in [0.5, 0.6) is 11.5 Å². The number of rotatable bonds is 7. The average molecular weight is 492 g/mol. The Kier molecular flexibility index (Phi) is 6.68. The molecule has 0 aromatic heterocycles. The van der Waals surface area contributed by atoms with Crippen molar-refractivity contribution in [2.45, 2.75) is 13.5 Å². The smallest absolute Gasteiger partial charge is 0.276 e. The molecular formula is C20H18BrN3O5S. The zero-order chi connectivity index (χ0) is 21.8. The van der Waals surface area contributed by atoms with Crippen molar-refractivity contribution in [2.24, 2.45) is 0 Å². The number of likely N-dealkylation sites (N-methyl/N-ethyl adjacent to an activating group) is 1. The van der Waals surface area contributed by atoms with Crippen molar-refractivity contribution in [3.05, 3.63) is 67.8 Å². The number of hydrogen-bond donors (Lipinski definition) is 1. The van der Waals surface area contributed by atoms with E-state index in [1.807, 2.05) is 6.92 Å². The summed E-state index contributed by atoms with van der Waals surface area (Å²) in [5.74, 6) is 0.702. The van der Waals surface area contributed by atoms with Crippen LogP contribution in [0.2, 0.25) is 0 Å². The lowest BCUT2D eigenvalue weighted by molar-refractivity contribution is -0.384. The Hall–Kier alpha value is -2.98. The molecule has 156 valence electrons. The SMILES string of the molecule is CCN1C(=O)C(=Cc2cc(Br)c(OCc3cccc([N+](=O)[O-])c3)c(OC)c2)NC1=S. The highest BCUT2D eigenvalue weighted by molar-refractivity contribution is 9.10. The molecule has 2 aromatic rings. The third kappa shape index (κ3) is 4.60. The molecule has 1 saturated heterocycles. The molecular weight excluding hydrogens is 474 g/mol. The lowest BCUT2D eigenvalue weighted by Crippen LogP contribution is -2.30. The summed E-state index contributed by atoms with van der Waals surface area (Å²) < 4.78 is 11.9. The van der Waals surface area contributed by atoms with Crippen LogP contribution in [0, 0.1) is 10.1 Å². The summed E-state index contributed by atoms with van der Waals surface area (Å²) in [6.07, 6.45) is 1.68. The largest absolute Gasteiger partial charge is 0.493 e. The molecule has 1 heterocycles. The van der Waals surface area contributed by atoms with Crippen molar-refractivity contribution in [3.8, 4) is 11.5 Å². The monoisotopic (exact) mass is 491 g/mol. The molecule has 0 spiro atoms. The molecule has 0 atom stereocenters. The number of nitrogens with one attached hydrogen (secondary N) is 1. The molecule has 0 radical (unpaired) electrons. The number of carbonyl (C=O) groups excluding carboxylic acids is 1. The first-order chi connectivity index (χ1) is 14.3. The van der Waals surface area contributed by atoms with Crippen molar-refractivity contribution in [3.63, 3.8) is 0 Å². The van der Waals surface area contributed by atoms with E-state index in [1.54, 1.807) is 30.3 Å². The molecule has 8 nitrogen and oxygen atoms in total. The van der Waals surface area contributed by atoms with Gasteiger partial charge in [0.05, 0.1) is 16.5 Å². The third-order valence-corrected chi connectivity index (χ3v) is 5.26. The highest BCUT2D eigenvalue weighted by atomic mass is 79.9. The van der Waals surface area contributed by atoms with Crippen molar-refractivity contribution in [1.29, 1.82) is 0 Å². The maximum Gasteiger partial charge on any atom is 0.276 e. The first-order valence-corrected chi connectivity index (χ1v) is 10.1. The number of nitro groups is 1. The zero-order valence-electron chi connectivity index (χ0n) is 16.2. The number of nitrogens with zero attached hydrogens (tertiary/aromatic N) is 2. The summed E-state index contributed by atoms with van der Waals surface area (Å²) in [6.45, 7) is 2.46. The van der Waals surface area contributed by atoms with Crippen LogP contribution in [0.1, 0.15) is 18.1 Å². The van der Waals surface area contributed by atoms with Crippen LogP contribution in [0.3, 0.4) is 0 Å². The maximum atomic E-state index is 12.4. The molecule has 10 heteroatoms. The van der Waals surface area contributed by atoms with Gasteiger partial charge in [0.2, 0.25) is 0 Å². The first kappa shape index (κ1) is 21.7. The number of nitro benzene ring substituents is 1. The van der Waals surface area contributed by atoms with Crippen LogP contribution in [0.4, 0.5) is 5.69 Å². The standard InChI is InChI=1S/C20H18BrN3O5S/c1-3-23-19(25)16(22-20(23)30)9-13-8-15(21)18(17(10-13)28-2)29-11-12-5-4-6-14(7-12)24(26)27/h4-10H,3,11H2,1-2H3,(H,22,30). The summed E-state index contributed by atoms with van der Waals surface area (Å²) in [7, 11) is 1.51. The Bertz CT molecular complexity index is 1060. The van der Waals surface area contributed by atoms with Gasteiger partial charge in [-0.25, -0.2) is 0 Å². The van der Waals surface area contributed by atoms with Crippen LogP contribution >= 0.6 is 28.1 Å². The minimum atomic E-state index is -0.452. The highest BCUT2D eigenvalue weighted by Crippen LogP contribution is 2.38. The molecule has 2 aromatic carbocycles. The second-order valence-corrected chi connectivity index (χ2v) is 7.53. The van der Waals surface area contributed by atoms with Crippen molar-refractivity contribution in [2.75, 3.05) is 13.7 Å². The van der Waals surface area contributed by atoms with Gasteiger partial charge in [-0.1, -0.05) is 12.1 Å². The van der Waals surface area contributed by atoms with E-state index < -0.39 is 4.92 Å². The number of thiocarbonyl (C=S) groups is 1. The predicted octanol–water partition coefficient (Wildman–Crippen LogP) is 4.02. The zero-order valence-corrected chi connectivity index (χ0v) is 18.6. The van der Waals surface area contributed by atoms with E-state index in [4.69, 9.17) is 21.7 Å². The molecule has 1 amide bonds. The molecule has 1 aliphatic heterocycles. The number of carbonyl (C=O) groups is 1. The van der Waals surface area contributed by atoms with Gasteiger partial charge >= 0.3 is 0 Å². The Labute approximate surface area is 186 Å². The molecule has 0 bridgehead atoms. The molecule has 1 N–H and O–H groups in total. The topological polar surface area (TPSA) is 93.9 Å². The normalized spacial score (nSPS) is 14.8. The van der Waals surface area contributed by atoms with E-state index in [2.05, 4.69) is 21.2 Å². The second kappa shape index (κ2) is 9.23. The summed E-state index contributed by atoms with van der Waals surface area (Å²) in [5.41, 5.74) is 1.73. The fraction of sp³-hybridized carbons (Fsp3) is 0.200. The van der Waals surface area contributed by atoms with Gasteiger partial charge in [-0.3, -0.25) is 19.8 Å². The van der Waals surface area contributed by atoms with Gasteiger partial charge in [-0.2, -0.15) is 0 Å². The van der Waals surface area contributed by atoms with Crippen LogP contribution < -0.4 is 14.8 Å². The number of hydrogen-bond acceptors (Lipinski definition) is 6. The summed E-state index contributed by atoms with van der Waals surface area (Å²) >= 11 is 8.64. The minimum Gasteiger partial charge on any atom is -0.493 e. The lowest BCUT2D eigenvalue weighted by atomic mass is 10.1. The van der Waals surface area contributed by atoms with E-state index in [0.717, 1.165) is 0 Å². The van der Waals surface area contributed by atoms with Crippen molar-refractivity contribution in [1.82, 2.24) is 10.2 Å². The number of halogens is 1. The van der Waals surface area contributed by atoms with E-state index in [9.17, 15) is 14.9 Å². The van der Waals surface area contributed by atoms with Crippen LogP contribution in [-0.4, -0.2) is 34.5 Å². The second-order valence-electron chi connectivity index (χ2n) is 6.29. The number of amides is 1. The van der Waals surface area contributed by atoms with Gasteiger partial charge in [0.1, 0.15) is 12.3 Å². The Morgan fingerprint density at radius 2 is 2.10 bits per heavy atom. The molecule has 0 aliphatic carbocycles. The van der Waals surface area contributed by atoms with Crippen LogP contribution in [0.25, 0.3) is 6.08 Å². The number of ether oxygens (including phenoxy) is 2. The molecule has 1 fully saturated rings. The predicted molar refractivity (Wildman–Crippen MR) is 119 cm³/mol.